The Labute approximate surface area is 109 Å². The van der Waals surface area contributed by atoms with Crippen LogP contribution in [0.15, 0.2) is 0 Å². The second-order valence-corrected chi connectivity index (χ2v) is 5.19. The summed E-state index contributed by atoms with van der Waals surface area (Å²) >= 11 is 0. The Morgan fingerprint density at radius 1 is 1.22 bits per heavy atom. The SMILES string of the molecule is CCCOCCC(=O)N[C@H](C)C(=O)OC(C)(C)C. The van der Waals surface area contributed by atoms with Gasteiger partial charge >= 0.3 is 5.97 Å². The second-order valence-electron chi connectivity index (χ2n) is 5.19. The number of carbonyl (C=O) groups excluding carboxylic acids is 2. The number of carbonyl (C=O) groups is 2. The van der Waals surface area contributed by atoms with Crippen LogP contribution in [0.25, 0.3) is 0 Å². The zero-order valence-corrected chi connectivity index (χ0v) is 12.0. The zero-order valence-electron chi connectivity index (χ0n) is 12.0. The van der Waals surface area contributed by atoms with Gasteiger partial charge in [-0.1, -0.05) is 6.92 Å². The lowest BCUT2D eigenvalue weighted by Gasteiger charge is -2.22. The van der Waals surface area contributed by atoms with Gasteiger partial charge in [0.05, 0.1) is 6.61 Å². The van der Waals surface area contributed by atoms with E-state index in [1.54, 1.807) is 27.7 Å². The minimum atomic E-state index is -0.636. The molecule has 18 heavy (non-hydrogen) atoms. The minimum Gasteiger partial charge on any atom is -0.458 e. The highest BCUT2D eigenvalue weighted by atomic mass is 16.6. The van der Waals surface area contributed by atoms with Crippen molar-refractivity contribution in [3.05, 3.63) is 0 Å². The number of nitrogens with one attached hydrogen (secondary N) is 1. The van der Waals surface area contributed by atoms with Gasteiger partial charge in [0.2, 0.25) is 5.91 Å². The smallest absolute Gasteiger partial charge is 0.328 e. The summed E-state index contributed by atoms with van der Waals surface area (Å²) in [4.78, 5) is 23.1. The van der Waals surface area contributed by atoms with E-state index < -0.39 is 17.6 Å². The van der Waals surface area contributed by atoms with E-state index in [1.165, 1.54) is 0 Å². The fourth-order valence-corrected chi connectivity index (χ4v) is 1.17. The molecular weight excluding hydrogens is 234 g/mol. The summed E-state index contributed by atoms with van der Waals surface area (Å²) < 4.78 is 10.4. The van der Waals surface area contributed by atoms with Crippen molar-refractivity contribution >= 4 is 11.9 Å². The molecule has 5 heteroatoms. The van der Waals surface area contributed by atoms with Crippen molar-refractivity contribution in [1.29, 1.82) is 0 Å². The van der Waals surface area contributed by atoms with Gasteiger partial charge in [-0.25, -0.2) is 4.79 Å². The van der Waals surface area contributed by atoms with E-state index >= 15 is 0 Å². The third kappa shape index (κ3) is 8.98. The molecule has 0 spiro atoms. The molecule has 0 bridgehead atoms. The largest absolute Gasteiger partial charge is 0.458 e. The first kappa shape index (κ1) is 16.9. The molecule has 0 aliphatic rings. The van der Waals surface area contributed by atoms with E-state index in [-0.39, 0.29) is 12.3 Å². The highest BCUT2D eigenvalue weighted by Gasteiger charge is 2.22. The zero-order chi connectivity index (χ0) is 14.2. The fraction of sp³-hybridized carbons (Fsp3) is 0.846. The normalized spacial score (nSPS) is 12.9. The number of ether oxygens (including phenoxy) is 2. The molecule has 0 aromatic carbocycles. The molecule has 106 valence electrons. The van der Waals surface area contributed by atoms with Crippen molar-refractivity contribution in [1.82, 2.24) is 5.32 Å². The van der Waals surface area contributed by atoms with E-state index in [0.717, 1.165) is 6.42 Å². The number of hydrogen-bond donors (Lipinski definition) is 1. The molecule has 0 aromatic rings. The van der Waals surface area contributed by atoms with Crippen LogP contribution < -0.4 is 5.32 Å². The summed E-state index contributed by atoms with van der Waals surface area (Å²) in [6, 6.07) is -0.636. The quantitative estimate of drug-likeness (QED) is 0.557. The summed E-state index contributed by atoms with van der Waals surface area (Å²) in [6.45, 7) is 10.0. The highest BCUT2D eigenvalue weighted by Crippen LogP contribution is 2.08. The van der Waals surface area contributed by atoms with Crippen LogP contribution in [0.4, 0.5) is 0 Å². The fourth-order valence-electron chi connectivity index (χ4n) is 1.17. The van der Waals surface area contributed by atoms with Gasteiger partial charge in [-0.05, 0) is 34.1 Å². The van der Waals surface area contributed by atoms with Crippen molar-refractivity contribution in [2.24, 2.45) is 0 Å². The topological polar surface area (TPSA) is 64.6 Å². The maximum atomic E-state index is 11.6. The predicted molar refractivity (Wildman–Crippen MR) is 69.2 cm³/mol. The minimum absolute atomic E-state index is 0.204. The van der Waals surface area contributed by atoms with Crippen LogP contribution in [-0.2, 0) is 19.1 Å². The van der Waals surface area contributed by atoms with Crippen LogP contribution in [0, 0.1) is 0 Å². The molecule has 0 aliphatic heterocycles. The van der Waals surface area contributed by atoms with Crippen LogP contribution >= 0.6 is 0 Å². The first-order chi connectivity index (χ1) is 8.26. The molecule has 0 rings (SSSR count). The van der Waals surface area contributed by atoms with Crippen molar-refractivity contribution in [3.8, 4) is 0 Å². The molecule has 0 radical (unpaired) electrons. The summed E-state index contributed by atoms with van der Waals surface area (Å²) in [5, 5.41) is 2.59. The molecule has 1 amide bonds. The summed E-state index contributed by atoms with van der Waals surface area (Å²) in [7, 11) is 0. The molecule has 0 saturated carbocycles. The molecule has 0 fully saturated rings. The van der Waals surface area contributed by atoms with E-state index in [1.807, 2.05) is 6.92 Å². The third-order valence-electron chi connectivity index (χ3n) is 1.96. The van der Waals surface area contributed by atoms with Crippen molar-refractivity contribution in [2.45, 2.75) is 59.1 Å². The van der Waals surface area contributed by atoms with Crippen molar-refractivity contribution in [2.75, 3.05) is 13.2 Å². The molecule has 5 nitrogen and oxygen atoms in total. The lowest BCUT2D eigenvalue weighted by molar-refractivity contribution is -0.158. The number of hydrogen-bond acceptors (Lipinski definition) is 4. The van der Waals surface area contributed by atoms with Crippen LogP contribution in [-0.4, -0.2) is 36.7 Å². The van der Waals surface area contributed by atoms with Gasteiger partial charge < -0.3 is 14.8 Å². The predicted octanol–water partition coefficient (Wildman–Crippen LogP) is 1.65. The van der Waals surface area contributed by atoms with Crippen molar-refractivity contribution in [3.63, 3.8) is 0 Å². The average molecular weight is 259 g/mol. The Balaban J connectivity index is 3.89. The Morgan fingerprint density at radius 3 is 2.33 bits per heavy atom. The molecule has 0 saturated heterocycles. The number of amides is 1. The maximum Gasteiger partial charge on any atom is 0.328 e. The lowest BCUT2D eigenvalue weighted by Crippen LogP contribution is -2.42. The van der Waals surface area contributed by atoms with Gasteiger partial charge in [0.15, 0.2) is 0 Å². The molecule has 1 N–H and O–H groups in total. The molecule has 0 aliphatic carbocycles. The first-order valence-corrected chi connectivity index (χ1v) is 6.36. The standard InChI is InChI=1S/C13H25NO4/c1-6-8-17-9-7-11(15)14-10(2)12(16)18-13(3,4)5/h10H,6-9H2,1-5H3,(H,14,15)/t10-/m1/s1. The van der Waals surface area contributed by atoms with E-state index in [0.29, 0.717) is 13.2 Å². The second kappa shape index (κ2) is 8.08. The van der Waals surface area contributed by atoms with E-state index in [9.17, 15) is 9.59 Å². The number of esters is 1. The lowest BCUT2D eigenvalue weighted by atomic mass is 10.2. The van der Waals surface area contributed by atoms with Crippen LogP contribution in [0.2, 0.25) is 0 Å². The van der Waals surface area contributed by atoms with E-state index in [4.69, 9.17) is 9.47 Å². The van der Waals surface area contributed by atoms with Gasteiger partial charge in [-0.2, -0.15) is 0 Å². The Kier molecular flexibility index (Phi) is 7.59. The van der Waals surface area contributed by atoms with E-state index in [2.05, 4.69) is 5.32 Å². The summed E-state index contributed by atoms with van der Waals surface area (Å²) in [5.74, 6) is -0.630. The van der Waals surface area contributed by atoms with Gasteiger partial charge in [0.1, 0.15) is 11.6 Å². The van der Waals surface area contributed by atoms with Crippen LogP contribution in [0.3, 0.4) is 0 Å². The first-order valence-electron chi connectivity index (χ1n) is 6.36. The number of rotatable bonds is 7. The van der Waals surface area contributed by atoms with Crippen LogP contribution in [0.1, 0.15) is 47.5 Å². The van der Waals surface area contributed by atoms with Gasteiger partial charge in [0.25, 0.3) is 0 Å². The summed E-state index contributed by atoms with van der Waals surface area (Å²) in [5.41, 5.74) is -0.541. The van der Waals surface area contributed by atoms with Gasteiger partial charge in [-0.3, -0.25) is 4.79 Å². The average Bonchev–Trinajstić information content (AvgIpc) is 2.22. The summed E-state index contributed by atoms with van der Waals surface area (Å²) in [6.07, 6.45) is 1.18. The van der Waals surface area contributed by atoms with Crippen LogP contribution in [0.5, 0.6) is 0 Å². The monoisotopic (exact) mass is 259 g/mol. The maximum absolute atomic E-state index is 11.6. The Bertz CT molecular complexity index is 271. The Morgan fingerprint density at radius 2 is 1.83 bits per heavy atom. The molecular formula is C13H25NO4. The Hall–Kier alpha value is -1.10. The molecule has 0 aromatic heterocycles. The molecule has 0 heterocycles. The van der Waals surface area contributed by atoms with Crippen molar-refractivity contribution < 1.29 is 19.1 Å². The molecule has 0 unspecified atom stereocenters. The third-order valence-corrected chi connectivity index (χ3v) is 1.96. The highest BCUT2D eigenvalue weighted by molar-refractivity contribution is 5.84. The van der Waals surface area contributed by atoms with Gasteiger partial charge in [0, 0.05) is 13.0 Å². The van der Waals surface area contributed by atoms with Gasteiger partial charge in [-0.15, -0.1) is 0 Å². The molecule has 1 atom stereocenters.